The van der Waals surface area contributed by atoms with Crippen molar-refractivity contribution in [1.82, 2.24) is 9.55 Å². The highest BCUT2D eigenvalue weighted by Gasteiger charge is 2.24. The van der Waals surface area contributed by atoms with E-state index in [1.807, 2.05) is 37.3 Å². The molecule has 2 heterocycles. The minimum absolute atomic E-state index is 0.0209. The van der Waals surface area contributed by atoms with E-state index < -0.39 is 5.25 Å². The summed E-state index contributed by atoms with van der Waals surface area (Å²) >= 11 is 2.94. The molecule has 1 N–H and O–H groups in total. The van der Waals surface area contributed by atoms with Crippen molar-refractivity contribution in [3.05, 3.63) is 63.8 Å². The van der Waals surface area contributed by atoms with E-state index in [0.717, 1.165) is 35.2 Å². The van der Waals surface area contributed by atoms with Crippen LogP contribution in [-0.2, 0) is 24.2 Å². The molecule has 150 valence electrons. The second-order valence-corrected chi connectivity index (χ2v) is 9.50. The van der Waals surface area contributed by atoms with Crippen LogP contribution in [0, 0.1) is 0 Å². The summed E-state index contributed by atoms with van der Waals surface area (Å²) in [5.41, 5.74) is 1.91. The monoisotopic (exact) mass is 425 g/mol. The highest BCUT2D eigenvalue weighted by Crippen LogP contribution is 2.35. The number of anilines is 1. The van der Waals surface area contributed by atoms with Crippen LogP contribution >= 0.6 is 23.1 Å². The molecule has 0 saturated heterocycles. The molecule has 5 nitrogen and oxygen atoms in total. The standard InChI is InChI=1S/C22H23N3O2S2/c1-3-13-25-21(27)18-16-11-7-8-12-17(16)29-20(18)24-22(25)28-14(2)19(26)23-15-9-5-4-6-10-15/h3-6,9-10,14H,1,7-8,11-13H2,2H3,(H,23,26). The van der Waals surface area contributed by atoms with Crippen LogP contribution in [0.3, 0.4) is 0 Å². The highest BCUT2D eigenvalue weighted by molar-refractivity contribution is 8.00. The normalized spacial score (nSPS) is 14.4. The first-order valence-electron chi connectivity index (χ1n) is 9.77. The number of amides is 1. The van der Waals surface area contributed by atoms with Crippen molar-refractivity contribution in [1.29, 1.82) is 0 Å². The number of carbonyl (C=O) groups excluding carboxylic acids is 1. The minimum Gasteiger partial charge on any atom is -0.325 e. The molecule has 0 radical (unpaired) electrons. The number of benzene rings is 1. The van der Waals surface area contributed by atoms with Gasteiger partial charge in [0.25, 0.3) is 5.56 Å². The molecule has 0 bridgehead atoms. The fourth-order valence-corrected chi connectivity index (χ4v) is 5.80. The fourth-order valence-electron chi connectivity index (χ4n) is 3.58. The van der Waals surface area contributed by atoms with Gasteiger partial charge in [-0.1, -0.05) is 36.0 Å². The number of thiophene rings is 1. The number of hydrogen-bond acceptors (Lipinski definition) is 5. The number of thioether (sulfide) groups is 1. The smallest absolute Gasteiger partial charge is 0.263 e. The first kappa shape index (κ1) is 19.9. The number of para-hydroxylation sites is 1. The Balaban J connectivity index is 1.67. The molecule has 1 unspecified atom stereocenters. The van der Waals surface area contributed by atoms with E-state index in [1.165, 1.54) is 28.6 Å². The number of fused-ring (bicyclic) bond motifs is 3. The van der Waals surface area contributed by atoms with Gasteiger partial charge in [-0.25, -0.2) is 4.98 Å². The summed E-state index contributed by atoms with van der Waals surface area (Å²) in [5.74, 6) is -0.119. The summed E-state index contributed by atoms with van der Waals surface area (Å²) < 4.78 is 1.65. The minimum atomic E-state index is -0.398. The van der Waals surface area contributed by atoms with Gasteiger partial charge >= 0.3 is 0 Å². The maximum Gasteiger partial charge on any atom is 0.263 e. The highest BCUT2D eigenvalue weighted by atomic mass is 32.2. The Kier molecular flexibility index (Phi) is 5.87. The zero-order chi connectivity index (χ0) is 20.4. The predicted octanol–water partition coefficient (Wildman–Crippen LogP) is 4.64. The van der Waals surface area contributed by atoms with Crippen LogP contribution in [0.25, 0.3) is 10.2 Å². The van der Waals surface area contributed by atoms with E-state index in [-0.39, 0.29) is 11.5 Å². The lowest BCUT2D eigenvalue weighted by Crippen LogP contribution is -2.27. The largest absolute Gasteiger partial charge is 0.325 e. The van der Waals surface area contributed by atoms with Gasteiger partial charge in [-0.05, 0) is 50.3 Å². The average molecular weight is 426 g/mol. The molecule has 7 heteroatoms. The summed E-state index contributed by atoms with van der Waals surface area (Å²) in [5, 5.41) is 3.84. The second-order valence-electron chi connectivity index (χ2n) is 7.11. The Hall–Kier alpha value is -2.38. The van der Waals surface area contributed by atoms with Gasteiger partial charge < -0.3 is 5.32 Å². The lowest BCUT2D eigenvalue weighted by molar-refractivity contribution is -0.115. The molecule has 1 aromatic carbocycles. The average Bonchev–Trinajstić information content (AvgIpc) is 3.10. The number of hydrogen-bond donors (Lipinski definition) is 1. The SMILES string of the molecule is C=CCn1c(SC(C)C(=O)Nc2ccccc2)nc2sc3c(c2c1=O)CCCC3. The third kappa shape index (κ3) is 4.02. The maximum absolute atomic E-state index is 13.3. The van der Waals surface area contributed by atoms with Crippen molar-refractivity contribution in [2.75, 3.05) is 5.32 Å². The van der Waals surface area contributed by atoms with Crippen LogP contribution in [0.4, 0.5) is 5.69 Å². The number of rotatable bonds is 6. The molecule has 0 fully saturated rings. The van der Waals surface area contributed by atoms with Crippen molar-refractivity contribution < 1.29 is 4.79 Å². The molecule has 1 atom stereocenters. The van der Waals surface area contributed by atoms with E-state index in [2.05, 4.69) is 11.9 Å². The van der Waals surface area contributed by atoms with Gasteiger partial charge in [0.1, 0.15) is 4.83 Å². The topological polar surface area (TPSA) is 64.0 Å². The van der Waals surface area contributed by atoms with Gasteiger partial charge in [0.2, 0.25) is 5.91 Å². The molecule has 0 spiro atoms. The van der Waals surface area contributed by atoms with E-state index in [9.17, 15) is 9.59 Å². The molecular weight excluding hydrogens is 402 g/mol. The van der Waals surface area contributed by atoms with E-state index >= 15 is 0 Å². The van der Waals surface area contributed by atoms with E-state index in [0.29, 0.717) is 11.7 Å². The number of aromatic nitrogens is 2. The molecule has 0 saturated carbocycles. The van der Waals surface area contributed by atoms with Crippen LogP contribution in [0.15, 0.2) is 52.9 Å². The van der Waals surface area contributed by atoms with Crippen molar-refractivity contribution in [3.63, 3.8) is 0 Å². The molecule has 0 aliphatic heterocycles. The quantitative estimate of drug-likeness (QED) is 0.355. The third-order valence-corrected chi connectivity index (χ3v) is 7.32. The van der Waals surface area contributed by atoms with Crippen molar-refractivity contribution in [2.24, 2.45) is 0 Å². The zero-order valence-electron chi connectivity index (χ0n) is 16.3. The molecule has 2 aromatic heterocycles. The van der Waals surface area contributed by atoms with Gasteiger partial charge in [-0.2, -0.15) is 0 Å². The predicted molar refractivity (Wildman–Crippen MR) is 121 cm³/mol. The maximum atomic E-state index is 13.3. The van der Waals surface area contributed by atoms with E-state index in [4.69, 9.17) is 4.98 Å². The fraction of sp³-hybridized carbons (Fsp3) is 0.318. The van der Waals surface area contributed by atoms with Crippen LogP contribution in [0.2, 0.25) is 0 Å². The first-order chi connectivity index (χ1) is 14.1. The third-order valence-electron chi connectivity index (χ3n) is 5.04. The van der Waals surface area contributed by atoms with Gasteiger partial charge in [0.05, 0.1) is 10.6 Å². The molecule has 1 aliphatic carbocycles. The zero-order valence-corrected chi connectivity index (χ0v) is 17.9. The molecular formula is C22H23N3O2S2. The first-order valence-corrected chi connectivity index (χ1v) is 11.5. The molecule has 4 rings (SSSR count). The van der Waals surface area contributed by atoms with E-state index in [1.54, 1.807) is 22.0 Å². The van der Waals surface area contributed by atoms with Gasteiger partial charge in [-0.15, -0.1) is 17.9 Å². The lowest BCUT2D eigenvalue weighted by Gasteiger charge is -2.15. The van der Waals surface area contributed by atoms with Gasteiger partial charge in [-0.3, -0.25) is 14.2 Å². The molecule has 29 heavy (non-hydrogen) atoms. The summed E-state index contributed by atoms with van der Waals surface area (Å²) in [7, 11) is 0. The number of carbonyl (C=O) groups is 1. The van der Waals surface area contributed by atoms with Crippen molar-refractivity contribution >= 4 is 44.9 Å². The summed E-state index contributed by atoms with van der Waals surface area (Å²) in [4.78, 5) is 32.8. The summed E-state index contributed by atoms with van der Waals surface area (Å²) in [6.45, 7) is 6.00. The lowest BCUT2D eigenvalue weighted by atomic mass is 9.97. The molecule has 1 aliphatic rings. The Morgan fingerprint density at radius 1 is 1.34 bits per heavy atom. The molecule has 1 amide bonds. The Labute approximate surface area is 177 Å². The number of aryl methyl sites for hydroxylation is 2. The van der Waals surface area contributed by atoms with Crippen LogP contribution in [0.1, 0.15) is 30.2 Å². The van der Waals surface area contributed by atoms with Crippen LogP contribution in [-0.4, -0.2) is 20.7 Å². The number of nitrogens with one attached hydrogen (secondary N) is 1. The van der Waals surface area contributed by atoms with Crippen molar-refractivity contribution in [2.45, 2.75) is 49.6 Å². The van der Waals surface area contributed by atoms with Gasteiger partial charge in [0.15, 0.2) is 5.16 Å². The summed E-state index contributed by atoms with van der Waals surface area (Å²) in [6, 6.07) is 9.36. The number of allylic oxidation sites excluding steroid dienone is 1. The van der Waals surface area contributed by atoms with Gasteiger partial charge in [0, 0.05) is 17.1 Å². The Bertz CT molecular complexity index is 1120. The van der Waals surface area contributed by atoms with Crippen LogP contribution in [0.5, 0.6) is 0 Å². The van der Waals surface area contributed by atoms with Crippen LogP contribution < -0.4 is 10.9 Å². The Morgan fingerprint density at radius 3 is 2.86 bits per heavy atom. The Morgan fingerprint density at radius 2 is 2.10 bits per heavy atom. The molecule has 3 aromatic rings. The summed E-state index contributed by atoms with van der Waals surface area (Å²) in [6.07, 6.45) is 5.96. The second kappa shape index (κ2) is 8.55. The van der Waals surface area contributed by atoms with Crippen molar-refractivity contribution in [3.8, 4) is 0 Å². The number of nitrogens with zero attached hydrogens (tertiary/aromatic N) is 2.